The van der Waals surface area contributed by atoms with Crippen LogP contribution >= 0.6 is 48.8 Å². The molecule has 6 atom stereocenters. The van der Waals surface area contributed by atoms with Crippen LogP contribution in [0, 0.1) is 0 Å². The van der Waals surface area contributed by atoms with Crippen LogP contribution in [0.4, 0.5) is 0 Å². The van der Waals surface area contributed by atoms with Crippen molar-refractivity contribution in [3.8, 4) is 0 Å². The van der Waals surface area contributed by atoms with Crippen LogP contribution in [-0.2, 0) is 28.8 Å². The number of hydrogen-bond donors (Lipinski definition) is 9. The highest BCUT2D eigenvalue weighted by Gasteiger charge is 2.30. The minimum absolute atomic E-state index is 0.0913. The predicted octanol–water partition coefficient (Wildman–Crippen LogP) is -1.77. The summed E-state index contributed by atoms with van der Waals surface area (Å²) < 4.78 is 0. The standard InChI is InChI=1S/C22H40N6O7S4/c1-11(24-19(31)13(23)9-36)17(29)26-14(5-7-38-3)20(32)25-12(2)18(30)27-15(6-8-39-4)21(33)28-16(10-37)22(34)35/h11-16,36-37H,5-10,23H2,1-4H3,(H,24,31)(H,25,32)(H,26,29)(H,27,30)(H,28,33)(H,34,35)/t11-,12-,13-,14-,15-,16-/m0/s1. The second kappa shape index (κ2) is 20.1. The number of carboxylic acid groups (broad SMARTS) is 1. The molecule has 0 aromatic rings. The molecule has 39 heavy (non-hydrogen) atoms. The number of nitrogens with one attached hydrogen (secondary N) is 5. The van der Waals surface area contributed by atoms with Gasteiger partial charge in [-0.15, -0.1) is 0 Å². The molecular formula is C22H40N6O7S4. The van der Waals surface area contributed by atoms with Crippen molar-refractivity contribution in [1.29, 1.82) is 0 Å². The van der Waals surface area contributed by atoms with Crippen LogP contribution in [0.2, 0.25) is 0 Å². The third-order valence-electron chi connectivity index (χ3n) is 5.32. The summed E-state index contributed by atoms with van der Waals surface area (Å²) in [4.78, 5) is 74.3. The maximum Gasteiger partial charge on any atom is 0.327 e. The van der Waals surface area contributed by atoms with Crippen molar-refractivity contribution in [2.24, 2.45) is 5.73 Å². The first-order valence-electron chi connectivity index (χ1n) is 12.0. The lowest BCUT2D eigenvalue weighted by molar-refractivity contribution is -0.141. The van der Waals surface area contributed by atoms with Gasteiger partial charge in [-0.05, 0) is 50.7 Å². The molecule has 0 aromatic heterocycles. The van der Waals surface area contributed by atoms with Crippen LogP contribution in [0.5, 0.6) is 0 Å². The maximum absolute atomic E-state index is 13.0. The summed E-state index contributed by atoms with van der Waals surface area (Å²) in [5, 5.41) is 21.6. The van der Waals surface area contributed by atoms with Crippen LogP contribution in [0.1, 0.15) is 26.7 Å². The predicted molar refractivity (Wildman–Crippen MR) is 160 cm³/mol. The third-order valence-corrected chi connectivity index (χ3v) is 7.37. The highest BCUT2D eigenvalue weighted by Crippen LogP contribution is 2.05. The Balaban J connectivity index is 5.33. The normalized spacial score (nSPS) is 15.5. The van der Waals surface area contributed by atoms with Gasteiger partial charge in [-0.2, -0.15) is 48.8 Å². The molecule has 8 N–H and O–H groups in total. The first-order chi connectivity index (χ1) is 18.3. The fourth-order valence-electron chi connectivity index (χ4n) is 2.91. The molecular weight excluding hydrogens is 589 g/mol. The first kappa shape index (κ1) is 37.2. The smallest absolute Gasteiger partial charge is 0.327 e. The Bertz CT molecular complexity index is 854. The van der Waals surface area contributed by atoms with Crippen molar-refractivity contribution in [2.75, 3.05) is 35.5 Å². The van der Waals surface area contributed by atoms with Crippen LogP contribution in [0.3, 0.4) is 0 Å². The van der Waals surface area contributed by atoms with E-state index in [1.807, 2.05) is 12.5 Å². The van der Waals surface area contributed by atoms with Crippen LogP contribution in [0.25, 0.3) is 0 Å². The molecule has 0 aliphatic carbocycles. The van der Waals surface area contributed by atoms with Crippen molar-refractivity contribution in [1.82, 2.24) is 26.6 Å². The molecule has 13 nitrogen and oxygen atoms in total. The van der Waals surface area contributed by atoms with Gasteiger partial charge in [-0.3, -0.25) is 24.0 Å². The number of aliphatic carboxylic acids is 1. The van der Waals surface area contributed by atoms with Crippen molar-refractivity contribution in [3.63, 3.8) is 0 Å². The number of carbonyl (C=O) groups excluding carboxylic acids is 5. The molecule has 0 bridgehead atoms. The number of amides is 5. The zero-order valence-corrected chi connectivity index (χ0v) is 25.8. The Hall–Kier alpha value is -1.82. The minimum Gasteiger partial charge on any atom is -0.480 e. The van der Waals surface area contributed by atoms with Gasteiger partial charge in [-0.25, -0.2) is 4.79 Å². The maximum atomic E-state index is 13.0. The molecule has 0 spiro atoms. The SMILES string of the molecule is CSCC[C@H](NC(=O)[C@H](C)NC(=O)[C@@H](N)CS)C(=O)N[C@@H](C)C(=O)N[C@@H](CCSC)C(=O)N[C@@H](CS)C(=O)O. The molecule has 0 saturated carbocycles. The van der Waals surface area contributed by atoms with Crippen LogP contribution < -0.4 is 32.3 Å². The van der Waals surface area contributed by atoms with E-state index in [9.17, 15) is 33.9 Å². The highest BCUT2D eigenvalue weighted by atomic mass is 32.2. The average Bonchev–Trinajstić information content (AvgIpc) is 2.90. The summed E-state index contributed by atoms with van der Waals surface area (Å²) in [5.41, 5.74) is 5.61. The number of carbonyl (C=O) groups is 6. The topological polar surface area (TPSA) is 209 Å². The molecule has 0 fully saturated rings. The lowest BCUT2D eigenvalue weighted by Crippen LogP contribution is -2.58. The second-order valence-electron chi connectivity index (χ2n) is 8.52. The minimum atomic E-state index is -1.26. The molecule has 5 amide bonds. The summed E-state index contributed by atoms with van der Waals surface area (Å²) in [6.07, 6.45) is 4.13. The zero-order valence-electron chi connectivity index (χ0n) is 22.4. The van der Waals surface area contributed by atoms with Crippen molar-refractivity contribution >= 4 is 84.3 Å². The number of nitrogens with two attached hydrogens (primary N) is 1. The summed E-state index contributed by atoms with van der Waals surface area (Å²) in [6, 6.07) is -6.22. The largest absolute Gasteiger partial charge is 0.480 e. The Labute approximate surface area is 248 Å². The molecule has 17 heteroatoms. The Morgan fingerprint density at radius 1 is 0.667 bits per heavy atom. The monoisotopic (exact) mass is 628 g/mol. The number of rotatable bonds is 19. The van der Waals surface area contributed by atoms with Gasteiger partial charge < -0.3 is 37.4 Å². The fourth-order valence-corrected chi connectivity index (χ4v) is 4.26. The van der Waals surface area contributed by atoms with E-state index in [0.29, 0.717) is 11.5 Å². The number of thioether (sulfide) groups is 2. The molecule has 224 valence electrons. The molecule has 0 saturated heterocycles. The van der Waals surface area contributed by atoms with Crippen LogP contribution in [0.15, 0.2) is 0 Å². The van der Waals surface area contributed by atoms with Gasteiger partial charge >= 0.3 is 5.97 Å². The molecule has 0 rings (SSSR count). The summed E-state index contributed by atoms with van der Waals surface area (Å²) in [6.45, 7) is 2.86. The van der Waals surface area contributed by atoms with Crippen molar-refractivity contribution in [3.05, 3.63) is 0 Å². The molecule has 0 radical (unpaired) electrons. The van der Waals surface area contributed by atoms with E-state index in [-0.39, 0.29) is 24.3 Å². The number of hydrogen-bond acceptors (Lipinski definition) is 11. The quantitative estimate of drug-likeness (QED) is 0.0735. The van der Waals surface area contributed by atoms with Gasteiger partial charge in [0.05, 0.1) is 6.04 Å². The fraction of sp³-hybridized carbons (Fsp3) is 0.727. The van der Waals surface area contributed by atoms with Gasteiger partial charge in [0.1, 0.15) is 30.2 Å². The molecule has 0 aliphatic heterocycles. The Morgan fingerprint density at radius 2 is 1.05 bits per heavy atom. The number of thiol groups is 2. The molecule has 0 aromatic carbocycles. The number of carboxylic acids is 1. The molecule has 0 aliphatic rings. The lowest BCUT2D eigenvalue weighted by Gasteiger charge is -2.25. The van der Waals surface area contributed by atoms with E-state index in [2.05, 4.69) is 51.8 Å². The van der Waals surface area contributed by atoms with E-state index in [4.69, 9.17) is 5.73 Å². The summed E-state index contributed by atoms with van der Waals surface area (Å²) >= 11 is 10.8. The van der Waals surface area contributed by atoms with Gasteiger partial charge in [0.15, 0.2) is 0 Å². The van der Waals surface area contributed by atoms with E-state index in [0.717, 1.165) is 0 Å². The van der Waals surface area contributed by atoms with E-state index >= 15 is 0 Å². The molecule has 0 unspecified atom stereocenters. The van der Waals surface area contributed by atoms with E-state index in [1.54, 1.807) is 0 Å². The van der Waals surface area contributed by atoms with Crippen molar-refractivity contribution < 1.29 is 33.9 Å². The Morgan fingerprint density at radius 3 is 1.41 bits per heavy atom. The zero-order chi connectivity index (χ0) is 30.1. The summed E-state index contributed by atoms with van der Waals surface area (Å²) in [5.74, 6) is -3.42. The summed E-state index contributed by atoms with van der Waals surface area (Å²) in [7, 11) is 0. The van der Waals surface area contributed by atoms with Gasteiger partial charge in [0.2, 0.25) is 29.5 Å². The molecule has 0 heterocycles. The van der Waals surface area contributed by atoms with E-state index in [1.165, 1.54) is 37.4 Å². The highest BCUT2D eigenvalue weighted by molar-refractivity contribution is 7.98. The average molecular weight is 629 g/mol. The van der Waals surface area contributed by atoms with Crippen LogP contribution in [-0.4, -0.2) is 112 Å². The lowest BCUT2D eigenvalue weighted by atomic mass is 10.1. The van der Waals surface area contributed by atoms with Gasteiger partial charge in [0, 0.05) is 11.5 Å². The van der Waals surface area contributed by atoms with Gasteiger partial charge in [0.25, 0.3) is 0 Å². The van der Waals surface area contributed by atoms with Gasteiger partial charge in [-0.1, -0.05) is 0 Å². The Kier molecular flexibility index (Phi) is 19.2. The van der Waals surface area contributed by atoms with E-state index < -0.39 is 71.8 Å². The second-order valence-corrected chi connectivity index (χ2v) is 11.2. The van der Waals surface area contributed by atoms with Crippen molar-refractivity contribution in [2.45, 2.75) is 62.9 Å². The third kappa shape index (κ3) is 14.4. The first-order valence-corrected chi connectivity index (χ1v) is 16.1.